The Hall–Kier alpha value is -2.09. The molecule has 2 rings (SSSR count). The van der Waals surface area contributed by atoms with Crippen LogP contribution in [0.2, 0.25) is 0 Å². The van der Waals surface area contributed by atoms with E-state index in [2.05, 4.69) is 10.2 Å². The molecule has 1 aromatic heterocycles. The van der Waals surface area contributed by atoms with Crippen LogP contribution in [-0.2, 0) is 6.42 Å². The molecular formula is C11H13N5O2S. The van der Waals surface area contributed by atoms with Crippen molar-refractivity contribution in [1.29, 1.82) is 0 Å². The van der Waals surface area contributed by atoms with Gasteiger partial charge in [-0.1, -0.05) is 6.92 Å². The van der Waals surface area contributed by atoms with Crippen LogP contribution in [0, 0.1) is 17.0 Å². The van der Waals surface area contributed by atoms with Crippen molar-refractivity contribution in [3.8, 4) is 0 Å². The van der Waals surface area contributed by atoms with Crippen molar-refractivity contribution in [3.05, 3.63) is 39.7 Å². The molecule has 0 fully saturated rings. The molecule has 2 aromatic rings. The van der Waals surface area contributed by atoms with Crippen molar-refractivity contribution in [2.45, 2.75) is 30.3 Å². The van der Waals surface area contributed by atoms with Crippen LogP contribution in [0.4, 0.5) is 5.69 Å². The fourth-order valence-corrected chi connectivity index (χ4v) is 2.49. The molecule has 0 aliphatic carbocycles. The number of nitro groups is 1. The normalized spacial score (nSPS) is 10.6. The average Bonchev–Trinajstić information content (AvgIpc) is 2.70. The molecule has 0 aliphatic heterocycles. The van der Waals surface area contributed by atoms with E-state index < -0.39 is 4.92 Å². The quantitative estimate of drug-likeness (QED) is 0.521. The molecule has 19 heavy (non-hydrogen) atoms. The summed E-state index contributed by atoms with van der Waals surface area (Å²) in [5.41, 5.74) is 0.710. The van der Waals surface area contributed by atoms with E-state index in [4.69, 9.17) is 5.84 Å². The molecule has 0 unspecified atom stereocenters. The Balaban J connectivity index is 2.26. The van der Waals surface area contributed by atoms with Crippen LogP contribution in [-0.4, -0.2) is 19.8 Å². The van der Waals surface area contributed by atoms with Gasteiger partial charge in [0.15, 0.2) is 5.82 Å². The van der Waals surface area contributed by atoms with Crippen LogP contribution < -0.4 is 5.84 Å². The molecule has 1 heterocycles. The summed E-state index contributed by atoms with van der Waals surface area (Å²) in [4.78, 5) is 11.2. The van der Waals surface area contributed by atoms with Gasteiger partial charge in [0.25, 0.3) is 5.69 Å². The van der Waals surface area contributed by atoms with Crippen molar-refractivity contribution < 1.29 is 4.92 Å². The van der Waals surface area contributed by atoms with Gasteiger partial charge in [-0.05, 0) is 30.8 Å². The van der Waals surface area contributed by atoms with Crippen molar-refractivity contribution in [1.82, 2.24) is 14.9 Å². The second-order valence-electron chi connectivity index (χ2n) is 3.93. The molecule has 2 N–H and O–H groups in total. The molecule has 0 radical (unpaired) electrons. The molecule has 7 nitrogen and oxygen atoms in total. The fourth-order valence-electron chi connectivity index (χ4n) is 1.62. The topological polar surface area (TPSA) is 99.9 Å². The van der Waals surface area contributed by atoms with Crippen LogP contribution in [0.25, 0.3) is 0 Å². The first-order valence-electron chi connectivity index (χ1n) is 5.65. The molecule has 0 saturated heterocycles. The van der Waals surface area contributed by atoms with Crippen molar-refractivity contribution in [2.75, 3.05) is 5.84 Å². The minimum absolute atomic E-state index is 0.104. The predicted molar refractivity (Wildman–Crippen MR) is 71.5 cm³/mol. The lowest BCUT2D eigenvalue weighted by Crippen LogP contribution is -2.13. The lowest BCUT2D eigenvalue weighted by atomic mass is 10.2. The number of nitrogen functional groups attached to an aromatic ring is 1. The first-order chi connectivity index (χ1) is 9.02. The third kappa shape index (κ3) is 2.68. The van der Waals surface area contributed by atoms with Crippen LogP contribution >= 0.6 is 11.8 Å². The zero-order valence-corrected chi connectivity index (χ0v) is 11.3. The van der Waals surface area contributed by atoms with Crippen LogP contribution in [0.15, 0.2) is 28.3 Å². The molecule has 0 aliphatic rings. The Labute approximate surface area is 113 Å². The van der Waals surface area contributed by atoms with Gasteiger partial charge in [-0.2, -0.15) is 0 Å². The zero-order chi connectivity index (χ0) is 14.0. The van der Waals surface area contributed by atoms with E-state index in [1.165, 1.54) is 22.5 Å². The Morgan fingerprint density at radius 2 is 2.21 bits per heavy atom. The number of nitrogens with two attached hydrogens (primary N) is 1. The number of benzene rings is 1. The molecule has 0 saturated carbocycles. The summed E-state index contributed by atoms with van der Waals surface area (Å²) in [6.45, 7) is 3.64. The summed E-state index contributed by atoms with van der Waals surface area (Å²) in [7, 11) is 0. The van der Waals surface area contributed by atoms with Crippen LogP contribution in [0.3, 0.4) is 0 Å². The van der Waals surface area contributed by atoms with E-state index >= 15 is 0 Å². The molecule has 0 atom stereocenters. The standard InChI is InChI=1S/C11H13N5O2S/c1-3-10-13-14-11(15(10)12)19-8-4-5-9(16(17)18)7(2)6-8/h4-6H,3,12H2,1-2H3. The number of aromatic nitrogens is 3. The minimum Gasteiger partial charge on any atom is -0.336 e. The second kappa shape index (κ2) is 5.27. The lowest BCUT2D eigenvalue weighted by molar-refractivity contribution is -0.385. The first-order valence-corrected chi connectivity index (χ1v) is 6.46. The van der Waals surface area contributed by atoms with Gasteiger partial charge in [-0.3, -0.25) is 10.1 Å². The number of aryl methyl sites for hydroxylation is 2. The summed E-state index contributed by atoms with van der Waals surface area (Å²) in [6.07, 6.45) is 0.698. The fraction of sp³-hybridized carbons (Fsp3) is 0.273. The van der Waals surface area contributed by atoms with Gasteiger partial charge in [0.1, 0.15) is 0 Å². The third-order valence-corrected chi connectivity index (χ3v) is 3.58. The van der Waals surface area contributed by atoms with E-state index in [-0.39, 0.29) is 5.69 Å². The highest BCUT2D eigenvalue weighted by Crippen LogP contribution is 2.29. The number of hydrogen-bond donors (Lipinski definition) is 1. The molecule has 100 valence electrons. The monoisotopic (exact) mass is 279 g/mol. The summed E-state index contributed by atoms with van der Waals surface area (Å²) < 4.78 is 1.43. The van der Waals surface area contributed by atoms with E-state index in [0.717, 1.165) is 4.90 Å². The van der Waals surface area contributed by atoms with Gasteiger partial charge in [-0.25, -0.2) is 4.68 Å². The summed E-state index contributed by atoms with van der Waals surface area (Å²) in [6, 6.07) is 4.90. The van der Waals surface area contributed by atoms with E-state index in [0.29, 0.717) is 23.0 Å². The van der Waals surface area contributed by atoms with Gasteiger partial charge < -0.3 is 5.84 Å². The molecule has 8 heteroatoms. The zero-order valence-electron chi connectivity index (χ0n) is 10.5. The van der Waals surface area contributed by atoms with E-state index in [1.54, 1.807) is 19.1 Å². The Morgan fingerprint density at radius 3 is 2.74 bits per heavy atom. The maximum absolute atomic E-state index is 10.7. The Kier molecular flexibility index (Phi) is 3.70. The van der Waals surface area contributed by atoms with Crippen LogP contribution in [0.1, 0.15) is 18.3 Å². The van der Waals surface area contributed by atoms with Gasteiger partial charge >= 0.3 is 0 Å². The van der Waals surface area contributed by atoms with Gasteiger partial charge in [0.05, 0.1) is 4.92 Å². The Bertz CT molecular complexity index is 626. The van der Waals surface area contributed by atoms with E-state index in [9.17, 15) is 10.1 Å². The highest BCUT2D eigenvalue weighted by molar-refractivity contribution is 7.99. The Morgan fingerprint density at radius 1 is 1.47 bits per heavy atom. The summed E-state index contributed by atoms with van der Waals surface area (Å²) >= 11 is 1.33. The number of nitro benzene ring substituents is 1. The number of nitrogens with zero attached hydrogens (tertiary/aromatic N) is 4. The summed E-state index contributed by atoms with van der Waals surface area (Å²) in [5, 5.41) is 19.2. The smallest absolute Gasteiger partial charge is 0.272 e. The van der Waals surface area contributed by atoms with E-state index in [1.807, 2.05) is 6.92 Å². The SMILES string of the molecule is CCc1nnc(Sc2ccc([N+](=O)[O-])c(C)c2)n1N. The molecule has 1 aromatic carbocycles. The maximum Gasteiger partial charge on any atom is 0.272 e. The van der Waals surface area contributed by atoms with Crippen LogP contribution in [0.5, 0.6) is 0 Å². The number of hydrogen-bond acceptors (Lipinski definition) is 6. The highest BCUT2D eigenvalue weighted by atomic mass is 32.2. The van der Waals surface area contributed by atoms with Crippen molar-refractivity contribution in [3.63, 3.8) is 0 Å². The minimum atomic E-state index is -0.398. The average molecular weight is 279 g/mol. The van der Waals surface area contributed by atoms with Crippen molar-refractivity contribution >= 4 is 17.4 Å². The largest absolute Gasteiger partial charge is 0.336 e. The molecule has 0 spiro atoms. The van der Waals surface area contributed by atoms with Gasteiger partial charge in [0, 0.05) is 22.9 Å². The second-order valence-corrected chi connectivity index (χ2v) is 4.97. The highest BCUT2D eigenvalue weighted by Gasteiger charge is 2.13. The van der Waals surface area contributed by atoms with Gasteiger partial charge in [0.2, 0.25) is 5.16 Å². The first kappa shape index (κ1) is 13.3. The van der Waals surface area contributed by atoms with Crippen molar-refractivity contribution in [2.24, 2.45) is 0 Å². The maximum atomic E-state index is 10.7. The summed E-state index contributed by atoms with van der Waals surface area (Å²) in [5.74, 6) is 6.54. The lowest BCUT2D eigenvalue weighted by Gasteiger charge is -2.03. The molecular weight excluding hydrogens is 266 g/mol. The number of rotatable bonds is 4. The molecule has 0 bridgehead atoms. The van der Waals surface area contributed by atoms with Gasteiger partial charge in [-0.15, -0.1) is 10.2 Å². The predicted octanol–water partition coefficient (Wildman–Crippen LogP) is 1.92. The third-order valence-electron chi connectivity index (χ3n) is 2.63. The molecule has 0 amide bonds.